The number of hydrogen-bond donors (Lipinski definition) is 1. The molecule has 2 aromatic carbocycles. The van der Waals surface area contributed by atoms with Crippen molar-refractivity contribution in [1.82, 2.24) is 10.3 Å². The minimum absolute atomic E-state index is 0.0380. The predicted molar refractivity (Wildman–Crippen MR) is 112 cm³/mol. The minimum atomic E-state index is -0.466. The molecule has 0 aliphatic rings. The van der Waals surface area contributed by atoms with E-state index in [2.05, 4.69) is 10.3 Å². The number of carbonyl (C=O) groups is 2. The van der Waals surface area contributed by atoms with Gasteiger partial charge in [0.1, 0.15) is 17.4 Å². The lowest BCUT2D eigenvalue weighted by Gasteiger charge is -2.18. The van der Waals surface area contributed by atoms with Gasteiger partial charge in [0.15, 0.2) is 0 Å². The van der Waals surface area contributed by atoms with Gasteiger partial charge in [-0.3, -0.25) is 9.59 Å². The maximum atomic E-state index is 12.4. The maximum absolute atomic E-state index is 12.4. The molecule has 0 aliphatic heterocycles. The molecule has 1 unspecified atom stereocenters. The number of hydrogen-bond acceptors (Lipinski definition) is 6. The van der Waals surface area contributed by atoms with Crippen LogP contribution in [0.4, 0.5) is 0 Å². The Morgan fingerprint density at radius 2 is 1.83 bits per heavy atom. The zero-order valence-electron chi connectivity index (χ0n) is 16.3. The van der Waals surface area contributed by atoms with Crippen LogP contribution in [0.25, 0.3) is 10.6 Å². The van der Waals surface area contributed by atoms with Gasteiger partial charge < -0.3 is 14.8 Å². The fourth-order valence-corrected chi connectivity index (χ4v) is 3.63. The molecule has 3 rings (SSSR count). The molecule has 1 N–H and O–H groups in total. The van der Waals surface area contributed by atoms with E-state index in [1.807, 2.05) is 42.5 Å². The molecule has 0 spiro atoms. The molecule has 0 bridgehead atoms. The maximum Gasteiger partial charge on any atom is 0.308 e. The Kier molecular flexibility index (Phi) is 6.97. The van der Waals surface area contributed by atoms with Gasteiger partial charge in [-0.05, 0) is 17.7 Å². The Morgan fingerprint density at radius 1 is 1.10 bits per heavy atom. The van der Waals surface area contributed by atoms with Crippen LogP contribution in [-0.2, 0) is 20.9 Å². The summed E-state index contributed by atoms with van der Waals surface area (Å²) >= 11 is 1.49. The van der Waals surface area contributed by atoms with E-state index in [0.717, 1.165) is 21.0 Å². The van der Waals surface area contributed by atoms with Gasteiger partial charge in [0.05, 0.1) is 24.4 Å². The van der Waals surface area contributed by atoms with E-state index >= 15 is 0 Å². The van der Waals surface area contributed by atoms with Crippen molar-refractivity contribution >= 4 is 23.2 Å². The second-order valence-electron chi connectivity index (χ2n) is 6.39. The van der Waals surface area contributed by atoms with Crippen LogP contribution in [0.3, 0.4) is 0 Å². The number of amides is 1. The number of ether oxygens (including phenoxy) is 2. The van der Waals surface area contributed by atoms with E-state index in [1.54, 1.807) is 25.4 Å². The van der Waals surface area contributed by atoms with Gasteiger partial charge in [0.25, 0.3) is 0 Å². The highest BCUT2D eigenvalue weighted by Crippen LogP contribution is 2.26. The molecule has 0 fully saturated rings. The molecule has 29 heavy (non-hydrogen) atoms. The van der Waals surface area contributed by atoms with Gasteiger partial charge in [-0.1, -0.05) is 42.5 Å². The van der Waals surface area contributed by atoms with Crippen LogP contribution in [0.2, 0.25) is 0 Å². The molecular weight excluding hydrogens is 388 g/mol. The number of benzene rings is 2. The van der Waals surface area contributed by atoms with Crippen molar-refractivity contribution in [2.45, 2.75) is 26.0 Å². The summed E-state index contributed by atoms with van der Waals surface area (Å²) in [7, 11) is 1.58. The summed E-state index contributed by atoms with van der Waals surface area (Å²) in [4.78, 5) is 29.2. The molecule has 6 nitrogen and oxygen atoms in total. The second-order valence-corrected chi connectivity index (χ2v) is 7.50. The molecule has 1 aromatic heterocycles. The highest BCUT2D eigenvalue weighted by Gasteiger charge is 2.19. The molecule has 0 saturated heterocycles. The number of methoxy groups -OCH3 is 1. The molecular formula is C22H22N2O4S. The fraction of sp³-hybridized carbons (Fsp3) is 0.227. The van der Waals surface area contributed by atoms with E-state index < -0.39 is 12.0 Å². The SMILES string of the molecule is COc1ccc(C(CC(=O)OCc2cnc(-c3ccccc3)s2)NC(C)=O)cc1. The van der Waals surface area contributed by atoms with Gasteiger partial charge in [0.2, 0.25) is 5.91 Å². The molecule has 0 radical (unpaired) electrons. The summed E-state index contributed by atoms with van der Waals surface area (Å²) in [5.41, 5.74) is 1.84. The topological polar surface area (TPSA) is 77.5 Å². The van der Waals surface area contributed by atoms with Crippen LogP contribution in [0.1, 0.15) is 29.8 Å². The average Bonchev–Trinajstić information content (AvgIpc) is 3.21. The Morgan fingerprint density at radius 3 is 2.48 bits per heavy atom. The van der Waals surface area contributed by atoms with E-state index in [1.165, 1.54) is 18.3 Å². The molecule has 0 aliphatic carbocycles. The molecule has 1 amide bonds. The fourth-order valence-electron chi connectivity index (χ4n) is 2.80. The van der Waals surface area contributed by atoms with Gasteiger partial charge in [-0.2, -0.15) is 0 Å². The lowest BCUT2D eigenvalue weighted by molar-refractivity contribution is -0.145. The van der Waals surface area contributed by atoms with Crippen LogP contribution in [0.15, 0.2) is 60.8 Å². The first-order chi connectivity index (χ1) is 14.0. The summed E-state index contributed by atoms with van der Waals surface area (Å²) < 4.78 is 10.6. The van der Waals surface area contributed by atoms with E-state index in [-0.39, 0.29) is 18.9 Å². The third-order valence-electron chi connectivity index (χ3n) is 4.22. The highest BCUT2D eigenvalue weighted by atomic mass is 32.1. The third-order valence-corrected chi connectivity index (χ3v) is 5.24. The van der Waals surface area contributed by atoms with Crippen LogP contribution in [0, 0.1) is 0 Å². The quantitative estimate of drug-likeness (QED) is 0.565. The number of carbonyl (C=O) groups excluding carboxylic acids is 2. The van der Waals surface area contributed by atoms with Gasteiger partial charge in [0, 0.05) is 18.7 Å². The molecule has 0 saturated carbocycles. The summed E-state index contributed by atoms with van der Waals surface area (Å²) in [6.07, 6.45) is 1.76. The van der Waals surface area contributed by atoms with Crippen molar-refractivity contribution in [2.75, 3.05) is 7.11 Å². The molecule has 7 heteroatoms. The average molecular weight is 410 g/mol. The van der Waals surface area contributed by atoms with Crippen molar-refractivity contribution in [3.8, 4) is 16.3 Å². The Bertz CT molecular complexity index is 954. The van der Waals surface area contributed by atoms with Crippen molar-refractivity contribution in [2.24, 2.45) is 0 Å². The largest absolute Gasteiger partial charge is 0.497 e. The highest BCUT2D eigenvalue weighted by molar-refractivity contribution is 7.15. The number of rotatable bonds is 8. The van der Waals surface area contributed by atoms with Gasteiger partial charge in [-0.25, -0.2) is 4.98 Å². The number of nitrogens with one attached hydrogen (secondary N) is 1. The smallest absolute Gasteiger partial charge is 0.308 e. The first-order valence-electron chi connectivity index (χ1n) is 9.12. The van der Waals surface area contributed by atoms with E-state index in [9.17, 15) is 9.59 Å². The van der Waals surface area contributed by atoms with Crippen LogP contribution in [0.5, 0.6) is 5.75 Å². The van der Waals surface area contributed by atoms with E-state index in [4.69, 9.17) is 9.47 Å². The molecule has 3 aromatic rings. The zero-order valence-corrected chi connectivity index (χ0v) is 17.1. The first-order valence-corrected chi connectivity index (χ1v) is 9.93. The molecule has 1 heterocycles. The summed E-state index contributed by atoms with van der Waals surface area (Å²) in [6.45, 7) is 1.57. The predicted octanol–water partition coefficient (Wildman–Crippen LogP) is 4.13. The third kappa shape index (κ3) is 5.89. The monoisotopic (exact) mass is 410 g/mol. The number of nitrogens with zero attached hydrogens (tertiary/aromatic N) is 1. The van der Waals surface area contributed by atoms with E-state index in [0.29, 0.717) is 5.75 Å². The van der Waals surface area contributed by atoms with Crippen molar-refractivity contribution in [1.29, 1.82) is 0 Å². The van der Waals surface area contributed by atoms with Gasteiger partial charge in [-0.15, -0.1) is 11.3 Å². The van der Waals surface area contributed by atoms with Crippen molar-refractivity contribution in [3.63, 3.8) is 0 Å². The summed E-state index contributed by atoms with van der Waals surface area (Å²) in [5, 5.41) is 3.68. The Labute approximate surface area is 173 Å². The Hall–Kier alpha value is -3.19. The standard InChI is InChI=1S/C22H22N2O4S/c1-15(25)24-20(16-8-10-18(27-2)11-9-16)12-21(26)28-14-19-13-23-22(29-19)17-6-4-3-5-7-17/h3-11,13,20H,12,14H2,1-2H3,(H,24,25). The normalized spacial score (nSPS) is 11.5. The lowest BCUT2D eigenvalue weighted by atomic mass is 10.0. The molecule has 150 valence electrons. The number of thiazole rings is 1. The minimum Gasteiger partial charge on any atom is -0.497 e. The number of aromatic nitrogens is 1. The van der Waals surface area contributed by atoms with Crippen LogP contribution >= 0.6 is 11.3 Å². The van der Waals surface area contributed by atoms with Crippen molar-refractivity contribution in [3.05, 3.63) is 71.2 Å². The summed E-state index contributed by atoms with van der Waals surface area (Å²) in [5.74, 6) is 0.0973. The van der Waals surface area contributed by atoms with Crippen LogP contribution < -0.4 is 10.1 Å². The molecule has 1 atom stereocenters. The zero-order chi connectivity index (χ0) is 20.6. The lowest BCUT2D eigenvalue weighted by Crippen LogP contribution is -2.28. The second kappa shape index (κ2) is 9.84. The van der Waals surface area contributed by atoms with Gasteiger partial charge >= 0.3 is 5.97 Å². The first kappa shape index (κ1) is 20.5. The Balaban J connectivity index is 1.60. The van der Waals surface area contributed by atoms with Crippen LogP contribution in [-0.4, -0.2) is 24.0 Å². The summed E-state index contributed by atoms with van der Waals surface area (Å²) in [6, 6.07) is 16.6. The number of esters is 1. The van der Waals surface area contributed by atoms with Crippen molar-refractivity contribution < 1.29 is 19.1 Å².